The van der Waals surface area contributed by atoms with Crippen molar-refractivity contribution in [3.8, 4) is 0 Å². The Labute approximate surface area is 114 Å². The van der Waals surface area contributed by atoms with E-state index in [0.29, 0.717) is 10.8 Å². The SMILES string of the molecule is Cc1ncsc1CNS(=O)(=O)c1ccc(CN)s1. The average molecular weight is 303 g/mol. The predicted octanol–water partition coefficient (Wildman–Crippen LogP) is 1.45. The van der Waals surface area contributed by atoms with Crippen LogP contribution in [0.15, 0.2) is 21.9 Å². The van der Waals surface area contributed by atoms with Gasteiger partial charge in [0.25, 0.3) is 0 Å². The maximum absolute atomic E-state index is 12.0. The first-order valence-corrected chi connectivity index (χ1v) is 8.38. The molecular formula is C10H13N3O2S3. The molecule has 0 radical (unpaired) electrons. The maximum Gasteiger partial charge on any atom is 0.250 e. The fourth-order valence-corrected chi connectivity index (χ4v) is 4.42. The van der Waals surface area contributed by atoms with Gasteiger partial charge in [-0.1, -0.05) is 0 Å². The van der Waals surface area contributed by atoms with Crippen molar-refractivity contribution >= 4 is 32.7 Å². The minimum absolute atomic E-state index is 0.273. The summed E-state index contributed by atoms with van der Waals surface area (Å²) in [5.74, 6) is 0. The van der Waals surface area contributed by atoms with Crippen LogP contribution in [0.3, 0.4) is 0 Å². The molecule has 0 unspecified atom stereocenters. The number of hydrogen-bond acceptors (Lipinski definition) is 6. The third-order valence-electron chi connectivity index (χ3n) is 2.37. The molecule has 3 N–H and O–H groups in total. The van der Waals surface area contributed by atoms with Gasteiger partial charge in [-0.2, -0.15) is 0 Å². The Morgan fingerprint density at radius 2 is 2.22 bits per heavy atom. The van der Waals surface area contributed by atoms with Gasteiger partial charge in [0.1, 0.15) is 4.21 Å². The lowest BCUT2D eigenvalue weighted by Gasteiger charge is -2.03. The van der Waals surface area contributed by atoms with Gasteiger partial charge in [-0.3, -0.25) is 0 Å². The maximum atomic E-state index is 12.0. The summed E-state index contributed by atoms with van der Waals surface area (Å²) in [5, 5.41) is 0. The van der Waals surface area contributed by atoms with Crippen LogP contribution >= 0.6 is 22.7 Å². The second kappa shape index (κ2) is 5.45. The quantitative estimate of drug-likeness (QED) is 0.875. The fraction of sp³-hybridized carbons (Fsp3) is 0.300. The summed E-state index contributed by atoms with van der Waals surface area (Å²) in [5.41, 5.74) is 8.03. The summed E-state index contributed by atoms with van der Waals surface area (Å²) >= 11 is 2.63. The zero-order chi connectivity index (χ0) is 13.2. The molecule has 0 saturated heterocycles. The highest BCUT2D eigenvalue weighted by Gasteiger charge is 2.17. The number of aromatic nitrogens is 1. The summed E-state index contributed by atoms with van der Waals surface area (Å²) in [6.07, 6.45) is 0. The summed E-state index contributed by atoms with van der Waals surface area (Å²) in [6.45, 7) is 2.49. The Hall–Kier alpha value is -0.800. The zero-order valence-electron chi connectivity index (χ0n) is 9.71. The molecule has 2 aromatic heterocycles. The van der Waals surface area contributed by atoms with Gasteiger partial charge in [-0.05, 0) is 19.1 Å². The highest BCUT2D eigenvalue weighted by molar-refractivity contribution is 7.91. The van der Waals surface area contributed by atoms with Gasteiger partial charge in [-0.25, -0.2) is 18.1 Å². The molecule has 0 aromatic carbocycles. The Morgan fingerprint density at radius 3 is 2.78 bits per heavy atom. The molecule has 2 rings (SSSR count). The highest BCUT2D eigenvalue weighted by atomic mass is 32.2. The third-order valence-corrected chi connectivity index (χ3v) is 6.31. The molecule has 18 heavy (non-hydrogen) atoms. The summed E-state index contributed by atoms with van der Waals surface area (Å²) < 4.78 is 26.9. The number of nitrogens with two attached hydrogens (primary N) is 1. The van der Waals surface area contributed by atoms with Crippen molar-refractivity contribution < 1.29 is 8.42 Å². The van der Waals surface area contributed by atoms with E-state index in [-0.39, 0.29) is 6.54 Å². The molecule has 0 fully saturated rings. The van der Waals surface area contributed by atoms with E-state index in [0.717, 1.165) is 15.4 Å². The fourth-order valence-electron chi connectivity index (χ4n) is 1.34. The highest BCUT2D eigenvalue weighted by Crippen LogP contribution is 2.21. The van der Waals surface area contributed by atoms with Crippen molar-refractivity contribution in [2.24, 2.45) is 5.73 Å². The second-order valence-corrected chi connectivity index (χ2v) is 7.71. The van der Waals surface area contributed by atoms with Gasteiger partial charge in [-0.15, -0.1) is 22.7 Å². The molecule has 98 valence electrons. The largest absolute Gasteiger partial charge is 0.326 e. The van der Waals surface area contributed by atoms with Crippen LogP contribution in [0.2, 0.25) is 0 Å². The summed E-state index contributed by atoms with van der Waals surface area (Å²) in [7, 11) is -3.45. The van der Waals surface area contributed by atoms with Crippen LogP contribution in [0.4, 0.5) is 0 Å². The normalized spacial score (nSPS) is 11.9. The van der Waals surface area contributed by atoms with Crippen molar-refractivity contribution in [1.29, 1.82) is 0 Å². The first-order valence-electron chi connectivity index (χ1n) is 5.20. The molecule has 0 aliphatic carbocycles. The Kier molecular flexibility index (Phi) is 4.13. The molecule has 8 heteroatoms. The summed E-state index contributed by atoms with van der Waals surface area (Å²) in [6, 6.07) is 3.31. The molecule has 2 aromatic rings. The third kappa shape index (κ3) is 2.96. The second-order valence-electron chi connectivity index (χ2n) is 3.61. The molecule has 5 nitrogen and oxygen atoms in total. The number of rotatable bonds is 5. The van der Waals surface area contributed by atoms with E-state index in [2.05, 4.69) is 9.71 Å². The van der Waals surface area contributed by atoms with Crippen LogP contribution in [-0.2, 0) is 23.1 Å². The lowest BCUT2D eigenvalue weighted by atomic mass is 10.4. The van der Waals surface area contributed by atoms with Crippen LogP contribution in [-0.4, -0.2) is 13.4 Å². The minimum atomic E-state index is -3.45. The van der Waals surface area contributed by atoms with Gasteiger partial charge in [0.05, 0.1) is 11.2 Å². The van der Waals surface area contributed by atoms with Crippen molar-refractivity contribution in [3.05, 3.63) is 33.1 Å². The smallest absolute Gasteiger partial charge is 0.250 e. The van der Waals surface area contributed by atoms with Gasteiger partial charge in [0, 0.05) is 22.8 Å². The van der Waals surface area contributed by atoms with Crippen molar-refractivity contribution in [3.63, 3.8) is 0 Å². The van der Waals surface area contributed by atoms with E-state index in [1.165, 1.54) is 22.7 Å². The van der Waals surface area contributed by atoms with Gasteiger partial charge < -0.3 is 5.73 Å². The van der Waals surface area contributed by atoms with E-state index < -0.39 is 10.0 Å². The molecule has 0 saturated carbocycles. The number of aryl methyl sites for hydroxylation is 1. The van der Waals surface area contributed by atoms with E-state index in [4.69, 9.17) is 5.73 Å². The first-order chi connectivity index (χ1) is 8.53. The standard InChI is InChI=1S/C10H13N3O2S3/c1-7-9(16-6-12-7)5-13-18(14,15)10-3-2-8(4-11)17-10/h2-3,6,13H,4-5,11H2,1H3. The number of thiazole rings is 1. The Balaban J connectivity index is 2.10. The van der Waals surface area contributed by atoms with Gasteiger partial charge in [0.2, 0.25) is 10.0 Å². The number of nitrogens with one attached hydrogen (secondary N) is 1. The van der Waals surface area contributed by atoms with E-state index in [9.17, 15) is 8.42 Å². The Morgan fingerprint density at radius 1 is 1.44 bits per heavy atom. The van der Waals surface area contributed by atoms with Crippen molar-refractivity contribution in [1.82, 2.24) is 9.71 Å². The molecule has 0 spiro atoms. The van der Waals surface area contributed by atoms with Crippen LogP contribution in [0.1, 0.15) is 15.4 Å². The molecule has 0 bridgehead atoms. The zero-order valence-corrected chi connectivity index (χ0v) is 12.2. The first kappa shape index (κ1) is 13.6. The molecule has 0 atom stereocenters. The number of nitrogens with zero attached hydrogens (tertiary/aromatic N) is 1. The monoisotopic (exact) mass is 303 g/mol. The van der Waals surface area contributed by atoms with Crippen LogP contribution in [0.25, 0.3) is 0 Å². The molecule has 0 aliphatic rings. The molecular weight excluding hydrogens is 290 g/mol. The summed E-state index contributed by atoms with van der Waals surface area (Å²) in [4.78, 5) is 5.85. The molecule has 0 amide bonds. The van der Waals surface area contributed by atoms with Crippen molar-refractivity contribution in [2.45, 2.75) is 24.2 Å². The average Bonchev–Trinajstić information content (AvgIpc) is 2.95. The van der Waals surface area contributed by atoms with Gasteiger partial charge in [0.15, 0.2) is 0 Å². The number of thiophene rings is 1. The number of sulfonamides is 1. The molecule has 0 aliphatic heterocycles. The lowest BCUT2D eigenvalue weighted by molar-refractivity contribution is 0.584. The Bertz CT molecular complexity index is 630. The molecule has 2 heterocycles. The number of hydrogen-bond donors (Lipinski definition) is 2. The van der Waals surface area contributed by atoms with E-state index in [1.54, 1.807) is 17.6 Å². The lowest BCUT2D eigenvalue weighted by Crippen LogP contribution is -2.22. The van der Waals surface area contributed by atoms with Crippen LogP contribution < -0.4 is 10.5 Å². The van der Waals surface area contributed by atoms with Gasteiger partial charge >= 0.3 is 0 Å². The topological polar surface area (TPSA) is 85.1 Å². The van der Waals surface area contributed by atoms with E-state index in [1.807, 2.05) is 6.92 Å². The van der Waals surface area contributed by atoms with Crippen molar-refractivity contribution in [2.75, 3.05) is 0 Å². The van der Waals surface area contributed by atoms with Crippen LogP contribution in [0, 0.1) is 6.92 Å². The minimum Gasteiger partial charge on any atom is -0.326 e. The predicted molar refractivity (Wildman–Crippen MR) is 73.1 cm³/mol. The van der Waals surface area contributed by atoms with E-state index >= 15 is 0 Å². The van der Waals surface area contributed by atoms with Crippen LogP contribution in [0.5, 0.6) is 0 Å².